The van der Waals surface area contributed by atoms with Crippen molar-refractivity contribution in [3.05, 3.63) is 47.3 Å². The summed E-state index contributed by atoms with van der Waals surface area (Å²) in [5.74, 6) is -0.225. The summed E-state index contributed by atoms with van der Waals surface area (Å²) in [5, 5.41) is 9.89. The zero-order valence-corrected chi connectivity index (χ0v) is 14.4. The van der Waals surface area contributed by atoms with E-state index in [-0.39, 0.29) is 18.0 Å². The topological polar surface area (TPSA) is 87.3 Å². The Labute approximate surface area is 146 Å². The predicted molar refractivity (Wildman–Crippen MR) is 93.6 cm³/mol. The lowest BCUT2D eigenvalue weighted by molar-refractivity contribution is 0.0934. The van der Waals surface area contributed by atoms with Crippen LogP contribution in [0.2, 0.25) is 0 Å². The van der Waals surface area contributed by atoms with Crippen molar-refractivity contribution in [2.45, 2.75) is 32.7 Å². The van der Waals surface area contributed by atoms with Gasteiger partial charge in [0.2, 0.25) is 0 Å². The lowest BCUT2D eigenvalue weighted by Crippen LogP contribution is -2.27. The molecule has 1 atom stereocenters. The van der Waals surface area contributed by atoms with Gasteiger partial charge in [0.1, 0.15) is 12.3 Å². The highest BCUT2D eigenvalue weighted by Crippen LogP contribution is 2.23. The van der Waals surface area contributed by atoms with E-state index in [9.17, 15) is 9.59 Å². The SMILES string of the molecule is CCCc1cc(C(=O)NC(C)c2cccc(N3CCOC3=O)c2)n[nH]1. The van der Waals surface area contributed by atoms with E-state index in [2.05, 4.69) is 22.4 Å². The molecule has 2 aromatic rings. The third-order valence-electron chi connectivity index (χ3n) is 4.17. The summed E-state index contributed by atoms with van der Waals surface area (Å²) in [6.45, 7) is 4.91. The normalized spacial score (nSPS) is 15.1. The molecule has 1 unspecified atom stereocenters. The molecule has 132 valence electrons. The van der Waals surface area contributed by atoms with Crippen LogP contribution in [-0.2, 0) is 11.2 Å². The van der Waals surface area contributed by atoms with Gasteiger partial charge in [0, 0.05) is 11.4 Å². The van der Waals surface area contributed by atoms with E-state index in [0.717, 1.165) is 29.8 Å². The maximum atomic E-state index is 12.4. The second kappa shape index (κ2) is 7.38. The number of anilines is 1. The van der Waals surface area contributed by atoms with Crippen LogP contribution in [0.15, 0.2) is 30.3 Å². The molecule has 0 saturated carbocycles. The van der Waals surface area contributed by atoms with Crippen molar-refractivity contribution in [1.29, 1.82) is 0 Å². The molecule has 2 amide bonds. The Hall–Kier alpha value is -2.83. The number of carbonyl (C=O) groups is 2. The molecule has 1 saturated heterocycles. The first-order valence-electron chi connectivity index (χ1n) is 8.48. The van der Waals surface area contributed by atoms with E-state index < -0.39 is 0 Å². The fourth-order valence-electron chi connectivity index (χ4n) is 2.82. The van der Waals surface area contributed by atoms with Crippen LogP contribution in [0.25, 0.3) is 0 Å². The van der Waals surface area contributed by atoms with Gasteiger partial charge in [-0.1, -0.05) is 25.5 Å². The molecule has 25 heavy (non-hydrogen) atoms. The van der Waals surface area contributed by atoms with Gasteiger partial charge < -0.3 is 10.1 Å². The van der Waals surface area contributed by atoms with Crippen LogP contribution in [0.1, 0.15) is 48.1 Å². The molecule has 0 radical (unpaired) electrons. The molecule has 1 aromatic heterocycles. The molecular formula is C18H22N4O3. The third kappa shape index (κ3) is 3.81. The summed E-state index contributed by atoms with van der Waals surface area (Å²) in [6, 6.07) is 9.11. The maximum Gasteiger partial charge on any atom is 0.414 e. The standard InChI is InChI=1S/C18H22N4O3/c1-3-5-14-11-16(21-20-14)17(23)19-12(2)13-6-4-7-15(10-13)22-8-9-25-18(22)24/h4,6-7,10-12H,3,5,8-9H2,1-2H3,(H,19,23)(H,20,21). The van der Waals surface area contributed by atoms with Crippen molar-refractivity contribution in [1.82, 2.24) is 15.5 Å². The summed E-state index contributed by atoms with van der Waals surface area (Å²) < 4.78 is 4.97. The third-order valence-corrected chi connectivity index (χ3v) is 4.17. The summed E-state index contributed by atoms with van der Waals surface area (Å²) in [6.07, 6.45) is 1.52. The summed E-state index contributed by atoms with van der Waals surface area (Å²) >= 11 is 0. The second-order valence-electron chi connectivity index (χ2n) is 6.08. The number of aryl methyl sites for hydroxylation is 1. The highest BCUT2D eigenvalue weighted by atomic mass is 16.6. The zero-order chi connectivity index (χ0) is 17.8. The molecule has 7 nitrogen and oxygen atoms in total. The van der Waals surface area contributed by atoms with Crippen LogP contribution in [0, 0.1) is 0 Å². The van der Waals surface area contributed by atoms with Gasteiger partial charge in [-0.2, -0.15) is 5.10 Å². The molecule has 1 fully saturated rings. The number of amides is 2. The zero-order valence-electron chi connectivity index (χ0n) is 14.4. The highest BCUT2D eigenvalue weighted by Gasteiger charge is 2.24. The first kappa shape index (κ1) is 17.0. The van der Waals surface area contributed by atoms with Crippen LogP contribution in [0.5, 0.6) is 0 Å². The largest absolute Gasteiger partial charge is 0.447 e. The number of aromatic nitrogens is 2. The second-order valence-corrected chi connectivity index (χ2v) is 6.08. The number of H-pyrrole nitrogens is 1. The van der Waals surface area contributed by atoms with E-state index in [0.29, 0.717) is 18.8 Å². The Morgan fingerprint density at radius 1 is 1.44 bits per heavy atom. The minimum absolute atomic E-state index is 0.211. The number of nitrogens with zero attached hydrogens (tertiary/aromatic N) is 2. The van der Waals surface area contributed by atoms with Crippen molar-refractivity contribution in [2.75, 3.05) is 18.1 Å². The molecule has 0 aliphatic carbocycles. The maximum absolute atomic E-state index is 12.4. The Bertz CT molecular complexity index is 771. The monoisotopic (exact) mass is 342 g/mol. The van der Waals surface area contributed by atoms with Crippen LogP contribution in [-0.4, -0.2) is 35.3 Å². The lowest BCUT2D eigenvalue weighted by Gasteiger charge is -2.17. The number of carbonyl (C=O) groups excluding carboxylic acids is 2. The smallest absolute Gasteiger partial charge is 0.414 e. The number of nitrogens with one attached hydrogen (secondary N) is 2. The molecule has 7 heteroatoms. The quantitative estimate of drug-likeness (QED) is 0.845. The molecule has 2 N–H and O–H groups in total. The first-order chi connectivity index (χ1) is 12.1. The van der Waals surface area contributed by atoms with Gasteiger partial charge in [-0.3, -0.25) is 14.8 Å². The molecule has 1 aliphatic heterocycles. The summed E-state index contributed by atoms with van der Waals surface area (Å²) in [5.41, 5.74) is 3.02. The number of cyclic esters (lactones) is 1. The average Bonchev–Trinajstić information content (AvgIpc) is 3.24. The fraction of sp³-hybridized carbons (Fsp3) is 0.389. The molecule has 0 bridgehead atoms. The van der Waals surface area contributed by atoms with Crippen molar-refractivity contribution in [3.63, 3.8) is 0 Å². The van der Waals surface area contributed by atoms with E-state index in [4.69, 9.17) is 4.74 Å². The number of hydrogen-bond donors (Lipinski definition) is 2. The van der Waals surface area contributed by atoms with Gasteiger partial charge in [-0.25, -0.2) is 4.79 Å². The van der Waals surface area contributed by atoms with Crippen LogP contribution < -0.4 is 10.2 Å². The Kier molecular flexibility index (Phi) is 5.02. The average molecular weight is 342 g/mol. The van der Waals surface area contributed by atoms with Crippen molar-refractivity contribution < 1.29 is 14.3 Å². The summed E-state index contributed by atoms with van der Waals surface area (Å²) in [7, 11) is 0. The number of benzene rings is 1. The molecular weight excluding hydrogens is 320 g/mol. The first-order valence-corrected chi connectivity index (χ1v) is 8.48. The number of aromatic amines is 1. The number of hydrogen-bond acceptors (Lipinski definition) is 4. The molecule has 1 aliphatic rings. The lowest BCUT2D eigenvalue weighted by atomic mass is 10.1. The van der Waals surface area contributed by atoms with E-state index >= 15 is 0 Å². The highest BCUT2D eigenvalue weighted by molar-refractivity contribution is 5.92. The number of rotatable bonds is 6. The van der Waals surface area contributed by atoms with Crippen molar-refractivity contribution in [3.8, 4) is 0 Å². The van der Waals surface area contributed by atoms with E-state index in [1.54, 1.807) is 11.0 Å². The van der Waals surface area contributed by atoms with Gasteiger partial charge in [-0.15, -0.1) is 0 Å². The van der Waals surface area contributed by atoms with Crippen LogP contribution >= 0.6 is 0 Å². The van der Waals surface area contributed by atoms with Crippen LogP contribution in [0.3, 0.4) is 0 Å². The van der Waals surface area contributed by atoms with E-state index in [1.807, 2.05) is 31.2 Å². The molecule has 1 aromatic carbocycles. The van der Waals surface area contributed by atoms with Crippen LogP contribution in [0.4, 0.5) is 10.5 Å². The summed E-state index contributed by atoms with van der Waals surface area (Å²) in [4.78, 5) is 25.6. The number of ether oxygens (including phenoxy) is 1. The van der Waals surface area contributed by atoms with Crippen molar-refractivity contribution >= 4 is 17.7 Å². The fourth-order valence-corrected chi connectivity index (χ4v) is 2.82. The minimum Gasteiger partial charge on any atom is -0.447 e. The Balaban J connectivity index is 1.69. The molecule has 3 rings (SSSR count). The van der Waals surface area contributed by atoms with Crippen molar-refractivity contribution in [2.24, 2.45) is 0 Å². The van der Waals surface area contributed by atoms with Gasteiger partial charge >= 0.3 is 6.09 Å². The van der Waals surface area contributed by atoms with Gasteiger partial charge in [-0.05, 0) is 37.1 Å². The van der Waals surface area contributed by atoms with E-state index in [1.165, 1.54) is 0 Å². The minimum atomic E-state index is -0.339. The Morgan fingerprint density at radius 3 is 3.00 bits per heavy atom. The van der Waals surface area contributed by atoms with Gasteiger partial charge in [0.25, 0.3) is 5.91 Å². The van der Waals surface area contributed by atoms with Gasteiger partial charge in [0.15, 0.2) is 0 Å². The van der Waals surface area contributed by atoms with Gasteiger partial charge in [0.05, 0.1) is 12.6 Å². The molecule has 0 spiro atoms. The molecule has 2 heterocycles. The Morgan fingerprint density at radius 2 is 2.28 bits per heavy atom. The predicted octanol–water partition coefficient (Wildman–Crippen LogP) is 2.81.